The van der Waals surface area contributed by atoms with Gasteiger partial charge in [0.1, 0.15) is 5.75 Å². The summed E-state index contributed by atoms with van der Waals surface area (Å²) in [6, 6.07) is 5.22. The van der Waals surface area contributed by atoms with Crippen LogP contribution in [0.25, 0.3) is 0 Å². The molecule has 2 rings (SSSR count). The summed E-state index contributed by atoms with van der Waals surface area (Å²) in [6.45, 7) is 3.13. The van der Waals surface area contributed by atoms with Crippen molar-refractivity contribution in [1.29, 1.82) is 0 Å². The third-order valence-electron chi connectivity index (χ3n) is 3.95. The molecule has 0 spiro atoms. The lowest BCUT2D eigenvalue weighted by Crippen LogP contribution is -2.51. The second kappa shape index (κ2) is 7.51. The van der Waals surface area contributed by atoms with Crippen molar-refractivity contribution >= 4 is 27.5 Å². The number of piperazine rings is 1. The van der Waals surface area contributed by atoms with E-state index >= 15 is 0 Å². The highest BCUT2D eigenvalue weighted by Crippen LogP contribution is 2.23. The van der Waals surface area contributed by atoms with Crippen LogP contribution >= 0.6 is 11.6 Å². The standard InChI is InChI=1S/C15H21ClN2O4S/c1-3-23(20,21)18-8-6-17(7-9-18)15(19)10-12-4-5-13(22-2)11-14(12)16/h4-5,11H,3,6-10H2,1-2H3. The summed E-state index contributed by atoms with van der Waals surface area (Å²) in [7, 11) is -1.63. The summed E-state index contributed by atoms with van der Waals surface area (Å²) in [5.41, 5.74) is 0.737. The largest absolute Gasteiger partial charge is 0.497 e. The van der Waals surface area contributed by atoms with Crippen LogP contribution in [-0.2, 0) is 21.2 Å². The van der Waals surface area contributed by atoms with Crippen molar-refractivity contribution in [2.75, 3.05) is 39.0 Å². The molecular formula is C15H21ClN2O4S. The molecule has 6 nitrogen and oxygen atoms in total. The van der Waals surface area contributed by atoms with Crippen LogP contribution in [0.3, 0.4) is 0 Å². The number of sulfonamides is 1. The van der Waals surface area contributed by atoms with Crippen molar-refractivity contribution < 1.29 is 17.9 Å². The SMILES string of the molecule is CCS(=O)(=O)N1CCN(C(=O)Cc2ccc(OC)cc2Cl)CC1. The molecule has 0 bridgehead atoms. The van der Waals surface area contributed by atoms with Crippen LogP contribution in [0.2, 0.25) is 5.02 Å². The minimum atomic E-state index is -3.18. The number of carbonyl (C=O) groups excluding carboxylic acids is 1. The van der Waals surface area contributed by atoms with Gasteiger partial charge in [0.05, 0.1) is 19.3 Å². The van der Waals surface area contributed by atoms with Crippen molar-refractivity contribution in [2.24, 2.45) is 0 Å². The third-order valence-corrected chi connectivity index (χ3v) is 6.18. The highest BCUT2D eigenvalue weighted by Gasteiger charge is 2.27. The van der Waals surface area contributed by atoms with Gasteiger partial charge in [-0.25, -0.2) is 8.42 Å². The molecule has 0 radical (unpaired) electrons. The first kappa shape index (κ1) is 18.0. The minimum Gasteiger partial charge on any atom is -0.497 e. The van der Waals surface area contributed by atoms with Gasteiger partial charge >= 0.3 is 0 Å². The van der Waals surface area contributed by atoms with Crippen molar-refractivity contribution in [2.45, 2.75) is 13.3 Å². The molecule has 8 heteroatoms. The van der Waals surface area contributed by atoms with E-state index in [1.807, 2.05) is 0 Å². The topological polar surface area (TPSA) is 66.9 Å². The van der Waals surface area contributed by atoms with Gasteiger partial charge in [0.25, 0.3) is 0 Å². The van der Waals surface area contributed by atoms with Crippen molar-refractivity contribution in [1.82, 2.24) is 9.21 Å². The zero-order chi connectivity index (χ0) is 17.0. The molecule has 1 fully saturated rings. The van der Waals surface area contributed by atoms with Gasteiger partial charge in [-0.15, -0.1) is 0 Å². The maximum absolute atomic E-state index is 12.4. The molecule has 23 heavy (non-hydrogen) atoms. The number of halogens is 1. The van der Waals surface area contributed by atoms with Crippen LogP contribution in [-0.4, -0.2) is 62.6 Å². The average Bonchev–Trinajstić information content (AvgIpc) is 2.56. The fraction of sp³-hybridized carbons (Fsp3) is 0.533. The van der Waals surface area contributed by atoms with Crippen LogP contribution in [0.1, 0.15) is 12.5 Å². The average molecular weight is 361 g/mol. The smallest absolute Gasteiger partial charge is 0.227 e. The zero-order valence-corrected chi connectivity index (χ0v) is 14.9. The monoisotopic (exact) mass is 360 g/mol. The number of hydrogen-bond acceptors (Lipinski definition) is 4. The summed E-state index contributed by atoms with van der Waals surface area (Å²) >= 11 is 6.15. The molecule has 1 aromatic carbocycles. The maximum Gasteiger partial charge on any atom is 0.227 e. The van der Waals surface area contributed by atoms with Gasteiger partial charge in [0.15, 0.2) is 0 Å². The summed E-state index contributed by atoms with van der Waals surface area (Å²) in [4.78, 5) is 14.1. The Hall–Kier alpha value is -1.31. The molecule has 0 aromatic heterocycles. The Morgan fingerprint density at radius 3 is 2.43 bits per heavy atom. The first-order valence-electron chi connectivity index (χ1n) is 7.45. The van der Waals surface area contributed by atoms with Gasteiger partial charge in [-0.2, -0.15) is 4.31 Å². The van der Waals surface area contributed by atoms with E-state index in [9.17, 15) is 13.2 Å². The molecule has 0 N–H and O–H groups in total. The van der Waals surface area contributed by atoms with E-state index in [1.165, 1.54) is 4.31 Å². The molecule has 1 heterocycles. The van der Waals surface area contributed by atoms with Gasteiger partial charge in [-0.1, -0.05) is 17.7 Å². The van der Waals surface area contributed by atoms with Gasteiger partial charge in [0.2, 0.25) is 15.9 Å². The normalized spacial score (nSPS) is 16.4. The summed E-state index contributed by atoms with van der Waals surface area (Å²) in [6.07, 6.45) is 0.198. The van der Waals surface area contributed by atoms with Crippen molar-refractivity contribution in [3.63, 3.8) is 0 Å². The third kappa shape index (κ3) is 4.37. The molecule has 128 valence electrons. The van der Waals surface area contributed by atoms with E-state index in [1.54, 1.807) is 37.1 Å². The Kier molecular flexibility index (Phi) is 5.89. The molecule has 0 unspecified atom stereocenters. The number of rotatable bonds is 5. The van der Waals surface area contributed by atoms with Gasteiger partial charge in [0, 0.05) is 31.2 Å². The second-order valence-corrected chi connectivity index (χ2v) is 7.98. The Morgan fingerprint density at radius 1 is 1.26 bits per heavy atom. The summed E-state index contributed by atoms with van der Waals surface area (Å²) in [5, 5.41) is 0.491. The van der Waals surface area contributed by atoms with E-state index in [2.05, 4.69) is 0 Å². The van der Waals surface area contributed by atoms with Crippen molar-refractivity contribution in [3.8, 4) is 5.75 Å². The lowest BCUT2D eigenvalue weighted by atomic mass is 10.1. The summed E-state index contributed by atoms with van der Waals surface area (Å²) in [5.74, 6) is 0.678. The van der Waals surface area contributed by atoms with Crippen LogP contribution in [0.5, 0.6) is 5.75 Å². The minimum absolute atomic E-state index is 0.0504. The van der Waals surface area contributed by atoms with Gasteiger partial charge in [-0.05, 0) is 24.6 Å². The number of benzene rings is 1. The lowest BCUT2D eigenvalue weighted by Gasteiger charge is -2.34. The molecule has 1 aliphatic rings. The highest BCUT2D eigenvalue weighted by molar-refractivity contribution is 7.89. The Balaban J connectivity index is 1.96. The first-order chi connectivity index (χ1) is 10.9. The van der Waals surface area contributed by atoms with Gasteiger partial charge in [-0.3, -0.25) is 4.79 Å². The zero-order valence-electron chi connectivity index (χ0n) is 13.3. The number of ether oxygens (including phenoxy) is 1. The highest BCUT2D eigenvalue weighted by atomic mass is 35.5. The van der Waals surface area contributed by atoms with Crippen molar-refractivity contribution in [3.05, 3.63) is 28.8 Å². The molecule has 0 atom stereocenters. The van der Waals surface area contributed by atoms with Crippen LogP contribution in [0.4, 0.5) is 0 Å². The van der Waals surface area contributed by atoms with Gasteiger partial charge < -0.3 is 9.64 Å². The Bertz CT molecular complexity index is 670. The number of carbonyl (C=O) groups is 1. The molecule has 0 aliphatic carbocycles. The molecule has 1 amide bonds. The molecular weight excluding hydrogens is 340 g/mol. The number of nitrogens with zero attached hydrogens (tertiary/aromatic N) is 2. The van der Waals surface area contributed by atoms with E-state index in [0.717, 1.165) is 5.56 Å². The molecule has 0 saturated carbocycles. The Labute approximate surface area is 142 Å². The van der Waals surface area contributed by atoms with E-state index in [4.69, 9.17) is 16.3 Å². The van der Waals surface area contributed by atoms with Crippen LogP contribution in [0, 0.1) is 0 Å². The first-order valence-corrected chi connectivity index (χ1v) is 9.44. The summed E-state index contributed by atoms with van der Waals surface area (Å²) < 4.78 is 30.2. The van der Waals surface area contributed by atoms with Crippen LogP contribution in [0.15, 0.2) is 18.2 Å². The van der Waals surface area contributed by atoms with E-state index < -0.39 is 10.0 Å². The number of hydrogen-bond donors (Lipinski definition) is 0. The predicted molar refractivity (Wildman–Crippen MR) is 89.3 cm³/mol. The number of amides is 1. The predicted octanol–water partition coefficient (Wildman–Crippen LogP) is 1.38. The molecule has 1 aromatic rings. The van der Waals surface area contributed by atoms with E-state index in [-0.39, 0.29) is 18.1 Å². The lowest BCUT2D eigenvalue weighted by molar-refractivity contribution is -0.131. The fourth-order valence-corrected chi connectivity index (χ4v) is 3.79. The quantitative estimate of drug-likeness (QED) is 0.795. The van der Waals surface area contributed by atoms with Crippen LogP contribution < -0.4 is 4.74 Å². The number of methoxy groups -OCH3 is 1. The maximum atomic E-state index is 12.4. The fourth-order valence-electron chi connectivity index (χ4n) is 2.47. The van der Waals surface area contributed by atoms with E-state index in [0.29, 0.717) is 37.0 Å². The molecule has 1 saturated heterocycles. The molecule has 1 aliphatic heterocycles. The Morgan fingerprint density at radius 2 is 1.91 bits per heavy atom. The second-order valence-electron chi connectivity index (χ2n) is 5.31.